The topological polar surface area (TPSA) is 0 Å². The maximum absolute atomic E-state index is 2.26. The molecule has 0 atom stereocenters. The van der Waals surface area contributed by atoms with Crippen LogP contribution in [0.25, 0.3) is 21.2 Å². The summed E-state index contributed by atoms with van der Waals surface area (Å²) >= 11 is 1.84. The summed E-state index contributed by atoms with van der Waals surface area (Å²) < 4.78 is 1.40. The molecule has 0 aliphatic carbocycles. The molecule has 1 heterocycles. The van der Waals surface area contributed by atoms with Crippen molar-refractivity contribution < 1.29 is 0 Å². The number of fused-ring (bicyclic) bond motifs is 1. The first-order valence-corrected chi connectivity index (χ1v) is 6.26. The Hall–Kier alpha value is -1.60. The third-order valence-electron chi connectivity index (χ3n) is 2.88. The standard InChI is InChI=1S/C15H12S/c1-11-6-5-9-13-14(10-16-15(11)13)12-7-3-2-4-8-12/h2-10H,1H3. The lowest BCUT2D eigenvalue weighted by Gasteiger charge is -2.00. The normalized spacial score (nSPS) is 10.8. The highest BCUT2D eigenvalue weighted by Gasteiger charge is 2.06. The number of thiophene rings is 1. The number of hydrogen-bond acceptors (Lipinski definition) is 1. The zero-order chi connectivity index (χ0) is 11.0. The molecule has 16 heavy (non-hydrogen) atoms. The molecule has 0 nitrogen and oxygen atoms in total. The van der Waals surface area contributed by atoms with Crippen molar-refractivity contribution in [1.82, 2.24) is 0 Å². The average molecular weight is 224 g/mol. The fraction of sp³-hybridized carbons (Fsp3) is 0.0667. The Balaban J connectivity index is 2.30. The van der Waals surface area contributed by atoms with Crippen LogP contribution in [0.3, 0.4) is 0 Å². The molecular weight excluding hydrogens is 212 g/mol. The van der Waals surface area contributed by atoms with Gasteiger partial charge in [0.05, 0.1) is 0 Å². The van der Waals surface area contributed by atoms with Crippen LogP contribution in [0.1, 0.15) is 5.56 Å². The second-order valence-electron chi connectivity index (χ2n) is 3.97. The predicted octanol–water partition coefficient (Wildman–Crippen LogP) is 4.88. The monoisotopic (exact) mass is 224 g/mol. The van der Waals surface area contributed by atoms with Gasteiger partial charge in [0.25, 0.3) is 0 Å². The van der Waals surface area contributed by atoms with E-state index in [1.54, 1.807) is 0 Å². The summed E-state index contributed by atoms with van der Waals surface area (Å²) in [7, 11) is 0. The van der Waals surface area contributed by atoms with E-state index in [1.165, 1.54) is 26.8 Å². The van der Waals surface area contributed by atoms with Crippen molar-refractivity contribution in [3.05, 3.63) is 59.5 Å². The highest BCUT2D eigenvalue weighted by molar-refractivity contribution is 7.18. The Morgan fingerprint density at radius 1 is 0.875 bits per heavy atom. The molecule has 0 aliphatic rings. The van der Waals surface area contributed by atoms with Gasteiger partial charge in [-0.05, 0) is 23.4 Å². The maximum Gasteiger partial charge on any atom is 0.0378 e. The van der Waals surface area contributed by atoms with E-state index < -0.39 is 0 Å². The molecule has 1 aromatic heterocycles. The largest absolute Gasteiger partial charge is 0.143 e. The molecule has 3 aromatic rings. The third-order valence-corrected chi connectivity index (χ3v) is 4.01. The second kappa shape index (κ2) is 3.76. The van der Waals surface area contributed by atoms with Crippen molar-refractivity contribution in [1.29, 1.82) is 0 Å². The highest BCUT2D eigenvalue weighted by Crippen LogP contribution is 2.35. The molecule has 1 heteroatoms. The highest BCUT2D eigenvalue weighted by atomic mass is 32.1. The minimum atomic E-state index is 1.30. The Bertz CT molecular complexity index is 620. The van der Waals surface area contributed by atoms with Gasteiger partial charge in [-0.25, -0.2) is 0 Å². The Morgan fingerprint density at radius 2 is 1.69 bits per heavy atom. The fourth-order valence-electron chi connectivity index (χ4n) is 2.04. The molecule has 0 saturated heterocycles. The van der Waals surface area contributed by atoms with Crippen LogP contribution in [0.5, 0.6) is 0 Å². The number of rotatable bonds is 1. The van der Waals surface area contributed by atoms with Gasteiger partial charge < -0.3 is 0 Å². The summed E-state index contributed by atoms with van der Waals surface area (Å²) in [5.41, 5.74) is 4.02. The summed E-state index contributed by atoms with van der Waals surface area (Å²) in [4.78, 5) is 0. The van der Waals surface area contributed by atoms with Gasteiger partial charge in [-0.2, -0.15) is 0 Å². The lowest BCUT2D eigenvalue weighted by Crippen LogP contribution is -1.75. The first-order valence-electron chi connectivity index (χ1n) is 5.38. The average Bonchev–Trinajstić information content (AvgIpc) is 2.75. The van der Waals surface area contributed by atoms with Crippen molar-refractivity contribution in [3.63, 3.8) is 0 Å². The summed E-state index contributed by atoms with van der Waals surface area (Å²) in [5.74, 6) is 0. The molecule has 2 aromatic carbocycles. The summed E-state index contributed by atoms with van der Waals surface area (Å²) in [6.45, 7) is 2.17. The van der Waals surface area contributed by atoms with Gasteiger partial charge in [0.2, 0.25) is 0 Å². The van der Waals surface area contributed by atoms with Crippen molar-refractivity contribution in [2.45, 2.75) is 6.92 Å². The van der Waals surface area contributed by atoms with Crippen LogP contribution in [0.15, 0.2) is 53.9 Å². The first-order chi connectivity index (χ1) is 7.86. The Kier molecular flexibility index (Phi) is 2.26. The molecule has 0 spiro atoms. The molecular formula is C15H12S. The van der Waals surface area contributed by atoms with Crippen molar-refractivity contribution in [3.8, 4) is 11.1 Å². The van der Waals surface area contributed by atoms with E-state index in [0.29, 0.717) is 0 Å². The minimum Gasteiger partial charge on any atom is -0.143 e. The van der Waals surface area contributed by atoms with Crippen molar-refractivity contribution in [2.75, 3.05) is 0 Å². The number of aryl methyl sites for hydroxylation is 1. The van der Waals surface area contributed by atoms with E-state index in [9.17, 15) is 0 Å². The molecule has 0 aliphatic heterocycles. The van der Waals surface area contributed by atoms with E-state index >= 15 is 0 Å². The smallest absolute Gasteiger partial charge is 0.0378 e. The van der Waals surface area contributed by atoms with Crippen LogP contribution < -0.4 is 0 Å². The fourth-order valence-corrected chi connectivity index (χ4v) is 3.10. The summed E-state index contributed by atoms with van der Waals surface area (Å²) in [6, 6.07) is 17.1. The quantitative estimate of drug-likeness (QED) is 0.553. The van der Waals surface area contributed by atoms with E-state index in [-0.39, 0.29) is 0 Å². The van der Waals surface area contributed by atoms with Gasteiger partial charge in [-0.15, -0.1) is 11.3 Å². The van der Waals surface area contributed by atoms with Gasteiger partial charge in [-0.3, -0.25) is 0 Å². The van der Waals surface area contributed by atoms with E-state index in [4.69, 9.17) is 0 Å². The van der Waals surface area contributed by atoms with Crippen LogP contribution in [-0.4, -0.2) is 0 Å². The van der Waals surface area contributed by atoms with Gasteiger partial charge in [0.15, 0.2) is 0 Å². The Morgan fingerprint density at radius 3 is 2.50 bits per heavy atom. The van der Waals surface area contributed by atoms with E-state index in [0.717, 1.165) is 0 Å². The SMILES string of the molecule is Cc1cccc2c(-c3ccccc3)csc12. The zero-order valence-corrected chi connectivity index (χ0v) is 9.92. The van der Waals surface area contributed by atoms with Crippen LogP contribution in [0.4, 0.5) is 0 Å². The third kappa shape index (κ3) is 1.44. The number of benzene rings is 2. The van der Waals surface area contributed by atoms with E-state index in [2.05, 4.69) is 60.8 Å². The van der Waals surface area contributed by atoms with Crippen LogP contribution in [-0.2, 0) is 0 Å². The number of hydrogen-bond donors (Lipinski definition) is 0. The van der Waals surface area contributed by atoms with Crippen LogP contribution in [0, 0.1) is 6.92 Å². The minimum absolute atomic E-state index is 1.30. The molecule has 0 amide bonds. The molecule has 0 unspecified atom stereocenters. The van der Waals surface area contributed by atoms with Gasteiger partial charge in [0, 0.05) is 15.6 Å². The maximum atomic E-state index is 2.26. The molecule has 78 valence electrons. The molecule has 0 saturated carbocycles. The lowest BCUT2D eigenvalue weighted by molar-refractivity contribution is 1.56. The lowest BCUT2D eigenvalue weighted by atomic mass is 10.0. The molecule has 0 N–H and O–H groups in total. The van der Waals surface area contributed by atoms with Crippen molar-refractivity contribution >= 4 is 21.4 Å². The van der Waals surface area contributed by atoms with Gasteiger partial charge >= 0.3 is 0 Å². The summed E-state index contributed by atoms with van der Waals surface area (Å²) in [5, 5.41) is 3.63. The molecule has 0 fully saturated rings. The molecule has 0 bridgehead atoms. The van der Waals surface area contributed by atoms with E-state index in [1.807, 2.05) is 11.3 Å². The van der Waals surface area contributed by atoms with Crippen molar-refractivity contribution in [2.24, 2.45) is 0 Å². The summed E-state index contributed by atoms with van der Waals surface area (Å²) in [6.07, 6.45) is 0. The van der Waals surface area contributed by atoms with Gasteiger partial charge in [0.1, 0.15) is 0 Å². The van der Waals surface area contributed by atoms with Crippen LogP contribution in [0.2, 0.25) is 0 Å². The first kappa shape index (κ1) is 9.61. The predicted molar refractivity (Wildman–Crippen MR) is 72.0 cm³/mol. The molecule has 0 radical (unpaired) electrons. The second-order valence-corrected chi connectivity index (χ2v) is 4.85. The Labute approximate surface area is 99.2 Å². The van der Waals surface area contributed by atoms with Gasteiger partial charge in [-0.1, -0.05) is 48.5 Å². The van der Waals surface area contributed by atoms with Crippen LogP contribution >= 0.6 is 11.3 Å². The molecule has 3 rings (SSSR count). The zero-order valence-electron chi connectivity index (χ0n) is 9.10.